The van der Waals surface area contributed by atoms with E-state index in [0.29, 0.717) is 5.02 Å². The van der Waals surface area contributed by atoms with Crippen LogP contribution >= 0.6 is 11.6 Å². The molecule has 0 atom stereocenters. The van der Waals surface area contributed by atoms with E-state index in [2.05, 4.69) is 9.88 Å². The van der Waals surface area contributed by atoms with Gasteiger partial charge in [-0.1, -0.05) is 11.6 Å². The molecule has 1 aromatic carbocycles. The number of aromatic carboxylic acids is 1. The van der Waals surface area contributed by atoms with Crippen LogP contribution in [0.15, 0.2) is 24.4 Å². The second-order valence-corrected chi connectivity index (χ2v) is 4.77. The maximum absolute atomic E-state index is 10.9. The van der Waals surface area contributed by atoms with E-state index in [1.807, 2.05) is 6.07 Å². The molecule has 2 heterocycles. The normalized spacial score (nSPS) is 14.6. The monoisotopic (exact) mass is 262 g/mol. The molecule has 1 aromatic heterocycles. The molecule has 5 heteroatoms. The Morgan fingerprint density at radius 2 is 2.11 bits per heavy atom. The van der Waals surface area contributed by atoms with Gasteiger partial charge in [0.15, 0.2) is 0 Å². The molecule has 0 unspecified atom stereocenters. The van der Waals surface area contributed by atoms with Crippen LogP contribution in [0.1, 0.15) is 16.8 Å². The van der Waals surface area contributed by atoms with Gasteiger partial charge < -0.3 is 10.0 Å². The van der Waals surface area contributed by atoms with Gasteiger partial charge in [-0.05, 0) is 24.6 Å². The molecule has 0 spiro atoms. The maximum atomic E-state index is 10.9. The van der Waals surface area contributed by atoms with E-state index in [4.69, 9.17) is 16.7 Å². The lowest BCUT2D eigenvalue weighted by molar-refractivity contribution is 0.0696. The lowest BCUT2D eigenvalue weighted by Crippen LogP contribution is -2.37. The molecule has 2 aromatic rings. The Morgan fingerprint density at radius 3 is 2.72 bits per heavy atom. The van der Waals surface area contributed by atoms with Gasteiger partial charge in [0.25, 0.3) is 0 Å². The van der Waals surface area contributed by atoms with Crippen LogP contribution < -0.4 is 4.90 Å². The fraction of sp³-hybridized carbons (Fsp3) is 0.231. The van der Waals surface area contributed by atoms with Crippen molar-refractivity contribution in [3.63, 3.8) is 0 Å². The van der Waals surface area contributed by atoms with Crippen molar-refractivity contribution in [1.29, 1.82) is 0 Å². The number of rotatable bonds is 2. The molecule has 0 bridgehead atoms. The second-order valence-electron chi connectivity index (χ2n) is 4.37. The summed E-state index contributed by atoms with van der Waals surface area (Å²) in [4.78, 5) is 17.2. The first-order valence-corrected chi connectivity index (χ1v) is 6.10. The van der Waals surface area contributed by atoms with E-state index < -0.39 is 5.97 Å². The van der Waals surface area contributed by atoms with E-state index in [-0.39, 0.29) is 5.56 Å². The number of benzene rings is 1. The maximum Gasteiger partial charge on any atom is 0.337 e. The van der Waals surface area contributed by atoms with Gasteiger partial charge in [-0.15, -0.1) is 0 Å². The number of hydrogen-bond acceptors (Lipinski definition) is 3. The Morgan fingerprint density at radius 1 is 1.33 bits per heavy atom. The molecule has 1 aliphatic rings. The van der Waals surface area contributed by atoms with Crippen LogP contribution in [0.25, 0.3) is 10.9 Å². The Balaban J connectivity index is 2.13. The van der Waals surface area contributed by atoms with Crippen molar-refractivity contribution < 1.29 is 9.90 Å². The predicted octanol–water partition coefficient (Wildman–Crippen LogP) is 2.80. The predicted molar refractivity (Wildman–Crippen MR) is 70.5 cm³/mol. The van der Waals surface area contributed by atoms with Crippen molar-refractivity contribution in [3.8, 4) is 0 Å². The van der Waals surface area contributed by atoms with Crippen LogP contribution in [-0.2, 0) is 0 Å². The van der Waals surface area contributed by atoms with Gasteiger partial charge >= 0.3 is 5.97 Å². The molecule has 0 aliphatic carbocycles. The van der Waals surface area contributed by atoms with Crippen LogP contribution in [0, 0.1) is 0 Å². The highest BCUT2D eigenvalue weighted by molar-refractivity contribution is 6.34. The van der Waals surface area contributed by atoms with Gasteiger partial charge in [-0.25, -0.2) is 4.79 Å². The Bertz CT molecular complexity index is 638. The average Bonchev–Trinajstić information content (AvgIpc) is 2.27. The summed E-state index contributed by atoms with van der Waals surface area (Å²) in [6.07, 6.45) is 2.55. The molecule has 0 saturated carbocycles. The molecule has 3 rings (SSSR count). The number of fused-ring (bicyclic) bond motifs is 1. The molecule has 92 valence electrons. The van der Waals surface area contributed by atoms with Crippen LogP contribution in [0.5, 0.6) is 0 Å². The molecule has 18 heavy (non-hydrogen) atoms. The van der Waals surface area contributed by atoms with Crippen LogP contribution in [0.4, 0.5) is 5.69 Å². The summed E-state index contributed by atoms with van der Waals surface area (Å²) in [7, 11) is 0. The largest absolute Gasteiger partial charge is 0.478 e. The summed E-state index contributed by atoms with van der Waals surface area (Å²) in [5.41, 5.74) is 1.92. The molecule has 4 nitrogen and oxygen atoms in total. The number of pyridine rings is 1. The third-order valence-electron chi connectivity index (χ3n) is 3.19. The molecule has 1 aliphatic heterocycles. The molecular formula is C13H11ClN2O2. The number of carbonyl (C=O) groups is 1. The van der Waals surface area contributed by atoms with Gasteiger partial charge in [-0.2, -0.15) is 0 Å². The standard InChI is InChI=1S/C13H11ClN2O2/c14-10-5-8-4-9(13(17)18)7-15-11(8)6-12(10)16-2-1-3-16/h4-7H,1-3H2,(H,17,18). The van der Waals surface area contributed by atoms with Gasteiger partial charge in [0.2, 0.25) is 0 Å². The zero-order chi connectivity index (χ0) is 12.7. The Hall–Kier alpha value is -1.81. The first-order valence-electron chi connectivity index (χ1n) is 5.73. The number of anilines is 1. The fourth-order valence-electron chi connectivity index (χ4n) is 2.05. The highest BCUT2D eigenvalue weighted by Gasteiger charge is 2.18. The average molecular weight is 263 g/mol. The van der Waals surface area contributed by atoms with E-state index in [0.717, 1.165) is 29.7 Å². The third-order valence-corrected chi connectivity index (χ3v) is 3.50. The highest BCUT2D eigenvalue weighted by Crippen LogP contribution is 2.32. The van der Waals surface area contributed by atoms with Crippen LogP contribution in [-0.4, -0.2) is 29.1 Å². The number of hydrogen-bond donors (Lipinski definition) is 1. The number of aromatic nitrogens is 1. The number of carboxylic acid groups (broad SMARTS) is 1. The van der Waals surface area contributed by atoms with E-state index in [1.165, 1.54) is 12.6 Å². The van der Waals surface area contributed by atoms with Crippen molar-refractivity contribution in [3.05, 3.63) is 35.0 Å². The minimum absolute atomic E-state index is 0.176. The van der Waals surface area contributed by atoms with Gasteiger partial charge in [-0.3, -0.25) is 4.98 Å². The Labute approximate surface area is 109 Å². The van der Waals surface area contributed by atoms with E-state index >= 15 is 0 Å². The number of carboxylic acids is 1. The molecule has 1 N–H and O–H groups in total. The van der Waals surface area contributed by atoms with Crippen molar-refractivity contribution >= 4 is 34.2 Å². The first kappa shape index (κ1) is 11.3. The summed E-state index contributed by atoms with van der Waals surface area (Å²) < 4.78 is 0. The summed E-state index contributed by atoms with van der Waals surface area (Å²) in [5, 5.41) is 10.3. The zero-order valence-corrected chi connectivity index (χ0v) is 10.3. The topological polar surface area (TPSA) is 53.4 Å². The minimum atomic E-state index is -0.979. The van der Waals surface area contributed by atoms with E-state index in [1.54, 1.807) is 12.1 Å². The van der Waals surface area contributed by atoms with Crippen LogP contribution in [0.2, 0.25) is 5.02 Å². The lowest BCUT2D eigenvalue weighted by Gasteiger charge is -2.33. The molecule has 1 saturated heterocycles. The third kappa shape index (κ3) is 1.78. The quantitative estimate of drug-likeness (QED) is 0.904. The minimum Gasteiger partial charge on any atom is -0.478 e. The highest BCUT2D eigenvalue weighted by atomic mass is 35.5. The van der Waals surface area contributed by atoms with Gasteiger partial charge in [0.05, 0.1) is 21.8 Å². The smallest absolute Gasteiger partial charge is 0.337 e. The Kier molecular flexibility index (Phi) is 2.59. The summed E-state index contributed by atoms with van der Waals surface area (Å²) in [5.74, 6) is -0.979. The summed E-state index contributed by atoms with van der Waals surface area (Å²) in [6, 6.07) is 5.29. The summed E-state index contributed by atoms with van der Waals surface area (Å²) >= 11 is 6.23. The first-order chi connectivity index (χ1) is 8.65. The number of nitrogens with zero attached hydrogens (tertiary/aromatic N) is 2. The van der Waals surface area contributed by atoms with E-state index in [9.17, 15) is 4.79 Å². The van der Waals surface area contributed by atoms with Gasteiger partial charge in [0.1, 0.15) is 0 Å². The zero-order valence-electron chi connectivity index (χ0n) is 9.56. The SMILES string of the molecule is O=C(O)c1cnc2cc(N3CCC3)c(Cl)cc2c1. The molecule has 0 radical (unpaired) electrons. The van der Waals surface area contributed by atoms with Crippen molar-refractivity contribution in [1.82, 2.24) is 4.98 Å². The summed E-state index contributed by atoms with van der Waals surface area (Å²) in [6.45, 7) is 2.02. The van der Waals surface area contributed by atoms with Crippen molar-refractivity contribution in [2.75, 3.05) is 18.0 Å². The van der Waals surface area contributed by atoms with Crippen LogP contribution in [0.3, 0.4) is 0 Å². The van der Waals surface area contributed by atoms with Crippen molar-refractivity contribution in [2.24, 2.45) is 0 Å². The van der Waals surface area contributed by atoms with Gasteiger partial charge in [0, 0.05) is 24.7 Å². The molecule has 0 amide bonds. The lowest BCUT2D eigenvalue weighted by atomic mass is 10.1. The fourth-order valence-corrected chi connectivity index (χ4v) is 2.35. The number of halogens is 1. The second kappa shape index (κ2) is 4.14. The molecule has 1 fully saturated rings. The molecular weight excluding hydrogens is 252 g/mol. The van der Waals surface area contributed by atoms with Crippen molar-refractivity contribution in [2.45, 2.75) is 6.42 Å².